The lowest BCUT2D eigenvalue weighted by molar-refractivity contribution is 0.575. The quantitative estimate of drug-likeness (QED) is 0.317. The van der Waals surface area contributed by atoms with E-state index >= 15 is 0 Å². The molecule has 1 heterocycles. The average Bonchev–Trinajstić information content (AvgIpc) is 3.12. The Bertz CT molecular complexity index is 649. The van der Waals surface area contributed by atoms with Gasteiger partial charge in [0.05, 0.1) is 5.69 Å². The molecule has 0 aliphatic rings. The molecule has 29 heavy (non-hydrogen) atoms. The molecule has 0 aliphatic heterocycles. The van der Waals surface area contributed by atoms with Gasteiger partial charge in [-0.25, -0.2) is 4.98 Å². The molecule has 0 radical (unpaired) electrons. The molecule has 2 rings (SSSR count). The molecule has 0 amide bonds. The van der Waals surface area contributed by atoms with Crippen LogP contribution in [0.5, 0.6) is 0 Å². The molecule has 1 aromatic heterocycles. The van der Waals surface area contributed by atoms with Gasteiger partial charge in [-0.05, 0) is 37.8 Å². The third-order valence-electron chi connectivity index (χ3n) is 5.50. The molecule has 0 atom stereocenters. The SMILES string of the molecule is CCCCCCCCCCc1ccc(-c2cn(CCC)c(CCCN)n2)cc1.Cl. The van der Waals surface area contributed by atoms with E-state index in [1.165, 1.54) is 74.7 Å². The Hall–Kier alpha value is -1.32. The van der Waals surface area contributed by atoms with Gasteiger partial charge in [0.2, 0.25) is 0 Å². The average molecular weight is 420 g/mol. The first-order valence-electron chi connectivity index (χ1n) is 11.6. The zero-order valence-electron chi connectivity index (χ0n) is 18.7. The summed E-state index contributed by atoms with van der Waals surface area (Å²) in [6.45, 7) is 6.25. The molecular weight excluding hydrogens is 378 g/mol. The molecule has 0 fully saturated rings. The van der Waals surface area contributed by atoms with E-state index in [1.54, 1.807) is 0 Å². The largest absolute Gasteiger partial charge is 0.334 e. The standard InChI is InChI=1S/C25H41N3.ClH/c1-3-5-6-7-8-9-10-11-13-22-15-17-23(18-16-22)24-21-28(20-4-2)25(27-24)14-12-19-26;/h15-18,21H,3-14,19-20,26H2,1-2H3;1H. The Morgan fingerprint density at radius 2 is 1.45 bits per heavy atom. The fourth-order valence-corrected chi connectivity index (χ4v) is 3.79. The first-order chi connectivity index (χ1) is 13.8. The maximum absolute atomic E-state index is 5.68. The van der Waals surface area contributed by atoms with Crippen molar-refractivity contribution in [2.75, 3.05) is 6.54 Å². The molecule has 0 unspecified atom stereocenters. The summed E-state index contributed by atoms with van der Waals surface area (Å²) in [5, 5.41) is 0. The maximum atomic E-state index is 5.68. The Morgan fingerprint density at radius 1 is 0.793 bits per heavy atom. The van der Waals surface area contributed by atoms with E-state index in [2.05, 4.69) is 48.9 Å². The fourth-order valence-electron chi connectivity index (χ4n) is 3.79. The number of benzene rings is 1. The number of aryl methyl sites for hydroxylation is 3. The highest BCUT2D eigenvalue weighted by molar-refractivity contribution is 5.85. The third-order valence-corrected chi connectivity index (χ3v) is 5.50. The van der Waals surface area contributed by atoms with Crippen molar-refractivity contribution in [2.24, 2.45) is 5.73 Å². The number of hydrogen-bond donors (Lipinski definition) is 1. The lowest BCUT2D eigenvalue weighted by atomic mass is 10.0. The highest BCUT2D eigenvalue weighted by Crippen LogP contribution is 2.21. The van der Waals surface area contributed by atoms with Gasteiger partial charge < -0.3 is 10.3 Å². The van der Waals surface area contributed by atoms with Gasteiger partial charge in [0.1, 0.15) is 5.82 Å². The lowest BCUT2D eigenvalue weighted by Gasteiger charge is -2.04. The van der Waals surface area contributed by atoms with Crippen molar-refractivity contribution in [1.82, 2.24) is 9.55 Å². The van der Waals surface area contributed by atoms with E-state index in [4.69, 9.17) is 10.7 Å². The maximum Gasteiger partial charge on any atom is 0.109 e. The minimum atomic E-state index is 0. The van der Waals surface area contributed by atoms with Crippen LogP contribution in [-0.2, 0) is 19.4 Å². The van der Waals surface area contributed by atoms with Crippen LogP contribution in [0.25, 0.3) is 11.3 Å². The molecule has 0 spiro atoms. The summed E-state index contributed by atoms with van der Waals surface area (Å²) in [5.41, 5.74) is 9.46. The summed E-state index contributed by atoms with van der Waals surface area (Å²) < 4.78 is 2.30. The summed E-state index contributed by atoms with van der Waals surface area (Å²) in [5.74, 6) is 1.17. The first kappa shape index (κ1) is 25.7. The normalized spacial score (nSPS) is 10.9. The Kier molecular flexibility index (Phi) is 13.8. The van der Waals surface area contributed by atoms with E-state index in [1.807, 2.05) is 0 Å². The highest BCUT2D eigenvalue weighted by atomic mass is 35.5. The van der Waals surface area contributed by atoms with Gasteiger partial charge in [-0.2, -0.15) is 0 Å². The molecule has 0 bridgehead atoms. The van der Waals surface area contributed by atoms with Gasteiger partial charge in [-0.1, -0.05) is 83.1 Å². The smallest absolute Gasteiger partial charge is 0.109 e. The van der Waals surface area contributed by atoms with Crippen molar-refractivity contribution in [3.63, 3.8) is 0 Å². The number of nitrogens with two attached hydrogens (primary N) is 1. The van der Waals surface area contributed by atoms with Crippen LogP contribution in [0.1, 0.15) is 89.4 Å². The summed E-state index contributed by atoms with van der Waals surface area (Å²) >= 11 is 0. The second-order valence-corrected chi connectivity index (χ2v) is 8.05. The number of rotatable bonds is 15. The molecule has 2 N–H and O–H groups in total. The van der Waals surface area contributed by atoms with Gasteiger partial charge in [-0.3, -0.25) is 0 Å². The van der Waals surface area contributed by atoms with Crippen LogP contribution in [-0.4, -0.2) is 16.1 Å². The van der Waals surface area contributed by atoms with Crippen LogP contribution in [0, 0.1) is 0 Å². The van der Waals surface area contributed by atoms with Crippen LogP contribution in [0.2, 0.25) is 0 Å². The molecular formula is C25H42ClN3. The third kappa shape index (κ3) is 9.35. The number of imidazole rings is 1. The molecule has 1 aromatic carbocycles. The number of nitrogens with zero attached hydrogens (tertiary/aromatic N) is 2. The minimum absolute atomic E-state index is 0. The molecule has 4 heteroatoms. The number of hydrogen-bond acceptors (Lipinski definition) is 2. The van der Waals surface area contributed by atoms with Gasteiger partial charge in [0, 0.05) is 24.7 Å². The van der Waals surface area contributed by atoms with Gasteiger partial charge in [-0.15, -0.1) is 12.4 Å². The molecule has 3 nitrogen and oxygen atoms in total. The van der Waals surface area contributed by atoms with E-state index in [0.717, 1.165) is 38.0 Å². The zero-order valence-corrected chi connectivity index (χ0v) is 19.5. The van der Waals surface area contributed by atoms with E-state index in [9.17, 15) is 0 Å². The Labute approximate surface area is 184 Å². The Morgan fingerprint density at radius 3 is 2.07 bits per heavy atom. The predicted octanol–water partition coefficient (Wildman–Crippen LogP) is 6.96. The van der Waals surface area contributed by atoms with Crippen molar-refractivity contribution >= 4 is 12.4 Å². The van der Waals surface area contributed by atoms with Crippen molar-refractivity contribution in [3.8, 4) is 11.3 Å². The number of unbranched alkanes of at least 4 members (excludes halogenated alkanes) is 7. The van der Waals surface area contributed by atoms with Crippen molar-refractivity contribution in [3.05, 3.63) is 41.9 Å². The topological polar surface area (TPSA) is 43.8 Å². The van der Waals surface area contributed by atoms with Gasteiger partial charge >= 0.3 is 0 Å². The second-order valence-electron chi connectivity index (χ2n) is 8.05. The second kappa shape index (κ2) is 15.5. The van der Waals surface area contributed by atoms with Crippen molar-refractivity contribution in [2.45, 2.75) is 97.4 Å². The van der Waals surface area contributed by atoms with Crippen LogP contribution in [0.4, 0.5) is 0 Å². The molecule has 0 aliphatic carbocycles. The van der Waals surface area contributed by atoms with E-state index < -0.39 is 0 Å². The molecule has 0 saturated carbocycles. The summed E-state index contributed by atoms with van der Waals surface area (Å²) in [6, 6.07) is 9.06. The van der Waals surface area contributed by atoms with Crippen LogP contribution in [0.15, 0.2) is 30.5 Å². The van der Waals surface area contributed by atoms with Crippen molar-refractivity contribution in [1.29, 1.82) is 0 Å². The van der Waals surface area contributed by atoms with Crippen LogP contribution < -0.4 is 5.73 Å². The van der Waals surface area contributed by atoms with Crippen LogP contribution >= 0.6 is 12.4 Å². The summed E-state index contributed by atoms with van der Waals surface area (Å²) in [6.07, 6.45) is 17.5. The number of halogens is 1. The monoisotopic (exact) mass is 419 g/mol. The van der Waals surface area contributed by atoms with E-state index in [0.29, 0.717) is 0 Å². The van der Waals surface area contributed by atoms with Gasteiger partial charge in [0.15, 0.2) is 0 Å². The summed E-state index contributed by atoms with van der Waals surface area (Å²) in [4.78, 5) is 4.89. The molecule has 2 aromatic rings. The first-order valence-corrected chi connectivity index (χ1v) is 11.6. The lowest BCUT2D eigenvalue weighted by Crippen LogP contribution is -2.06. The van der Waals surface area contributed by atoms with E-state index in [-0.39, 0.29) is 12.4 Å². The molecule has 0 saturated heterocycles. The molecule has 164 valence electrons. The fraction of sp³-hybridized carbons (Fsp3) is 0.640. The predicted molar refractivity (Wildman–Crippen MR) is 129 cm³/mol. The van der Waals surface area contributed by atoms with Crippen molar-refractivity contribution < 1.29 is 0 Å². The Balaban J connectivity index is 0.00000420. The summed E-state index contributed by atoms with van der Waals surface area (Å²) in [7, 11) is 0. The zero-order chi connectivity index (χ0) is 20.0. The van der Waals surface area contributed by atoms with Crippen LogP contribution in [0.3, 0.4) is 0 Å². The van der Waals surface area contributed by atoms with Gasteiger partial charge in [0.25, 0.3) is 0 Å². The highest BCUT2D eigenvalue weighted by Gasteiger charge is 2.09. The minimum Gasteiger partial charge on any atom is -0.334 e. The number of aromatic nitrogens is 2.